The normalized spacial score (nSPS) is 14.1. The van der Waals surface area contributed by atoms with Crippen LogP contribution in [0.5, 0.6) is 0 Å². The lowest BCUT2D eigenvalue weighted by Gasteiger charge is -2.21. The second-order valence-corrected chi connectivity index (χ2v) is 5.27. The number of ether oxygens (including phenoxy) is 2. The Labute approximate surface area is 106 Å². The zero-order valence-electron chi connectivity index (χ0n) is 10.5. The van der Waals surface area contributed by atoms with Gasteiger partial charge in [0.25, 0.3) is 10.0 Å². The molecule has 1 unspecified atom stereocenters. The number of nitrogens with one attached hydrogen (secondary N) is 1. The highest BCUT2D eigenvalue weighted by Gasteiger charge is 2.17. The van der Waals surface area contributed by atoms with Crippen LogP contribution in [0.2, 0.25) is 0 Å². The van der Waals surface area contributed by atoms with Crippen LogP contribution in [0.4, 0.5) is 0 Å². The molecule has 0 aliphatic carbocycles. The number of hydrogen-bond acceptors (Lipinski definition) is 6. The molecule has 0 spiro atoms. The van der Waals surface area contributed by atoms with Crippen molar-refractivity contribution >= 4 is 10.0 Å². The van der Waals surface area contributed by atoms with Crippen molar-refractivity contribution in [3.05, 3.63) is 17.9 Å². The van der Waals surface area contributed by atoms with Crippen molar-refractivity contribution < 1.29 is 22.3 Å². The minimum absolute atomic E-state index is 0.0805. The zero-order chi connectivity index (χ0) is 13.8. The quantitative estimate of drug-likeness (QED) is 0.682. The van der Waals surface area contributed by atoms with Gasteiger partial charge in [-0.3, -0.25) is 0 Å². The topological polar surface area (TPSA) is 104 Å². The summed E-state index contributed by atoms with van der Waals surface area (Å²) in [7, 11) is -0.710. The number of rotatable bonds is 7. The number of nitrogens with two attached hydrogens (primary N) is 1. The van der Waals surface area contributed by atoms with E-state index in [1.807, 2.05) is 6.92 Å². The molecule has 1 aromatic heterocycles. The highest BCUT2D eigenvalue weighted by Crippen LogP contribution is 2.12. The molecule has 0 fully saturated rings. The molecule has 0 aliphatic heterocycles. The van der Waals surface area contributed by atoms with Gasteiger partial charge in [0.1, 0.15) is 5.76 Å². The minimum atomic E-state index is -3.79. The Bertz CT molecular complexity index is 466. The maximum absolute atomic E-state index is 11.0. The van der Waals surface area contributed by atoms with Crippen LogP contribution >= 0.6 is 0 Å². The maximum atomic E-state index is 11.0. The number of sulfonamides is 1. The van der Waals surface area contributed by atoms with Gasteiger partial charge in [-0.25, -0.2) is 13.6 Å². The first-order valence-electron chi connectivity index (χ1n) is 5.29. The number of methoxy groups -OCH3 is 2. The van der Waals surface area contributed by atoms with Gasteiger partial charge in [0.15, 0.2) is 6.29 Å². The van der Waals surface area contributed by atoms with E-state index in [9.17, 15) is 8.42 Å². The van der Waals surface area contributed by atoms with Crippen LogP contribution in [0.3, 0.4) is 0 Å². The van der Waals surface area contributed by atoms with Crippen LogP contribution in [0.1, 0.15) is 12.7 Å². The molecular weight excluding hydrogens is 260 g/mol. The number of hydrogen-bond donors (Lipinski definition) is 2. The van der Waals surface area contributed by atoms with Crippen LogP contribution in [0, 0.1) is 0 Å². The lowest BCUT2D eigenvalue weighted by atomic mass is 10.3. The van der Waals surface area contributed by atoms with Crippen LogP contribution in [-0.2, 0) is 26.0 Å². The summed E-state index contributed by atoms with van der Waals surface area (Å²) in [6.45, 7) is 2.22. The van der Waals surface area contributed by atoms with Crippen molar-refractivity contribution in [1.82, 2.24) is 5.32 Å². The van der Waals surface area contributed by atoms with E-state index in [2.05, 4.69) is 5.32 Å². The fraction of sp³-hybridized carbons (Fsp3) is 0.600. The Morgan fingerprint density at radius 3 is 2.44 bits per heavy atom. The fourth-order valence-electron chi connectivity index (χ4n) is 1.47. The van der Waals surface area contributed by atoms with Crippen LogP contribution in [-0.4, -0.2) is 35.0 Å². The molecule has 3 N–H and O–H groups in total. The summed E-state index contributed by atoms with van der Waals surface area (Å²) in [5.74, 6) is 0.469. The van der Waals surface area contributed by atoms with E-state index in [0.717, 1.165) is 0 Å². The fourth-order valence-corrected chi connectivity index (χ4v) is 1.95. The predicted octanol–water partition coefficient (Wildman–Crippen LogP) is 0.0240. The van der Waals surface area contributed by atoms with E-state index in [-0.39, 0.29) is 11.1 Å². The Morgan fingerprint density at radius 1 is 1.39 bits per heavy atom. The smallest absolute Gasteiger partial charge is 0.271 e. The van der Waals surface area contributed by atoms with Crippen molar-refractivity contribution in [1.29, 1.82) is 0 Å². The zero-order valence-corrected chi connectivity index (χ0v) is 11.4. The first-order valence-corrected chi connectivity index (χ1v) is 6.83. The van der Waals surface area contributed by atoms with Crippen molar-refractivity contribution in [2.45, 2.75) is 30.9 Å². The Kier molecular flexibility index (Phi) is 5.29. The molecule has 1 heterocycles. The van der Waals surface area contributed by atoms with Crippen molar-refractivity contribution in [2.24, 2.45) is 5.14 Å². The largest absolute Gasteiger partial charge is 0.447 e. The summed E-state index contributed by atoms with van der Waals surface area (Å²) in [4.78, 5) is 0. The van der Waals surface area contributed by atoms with Gasteiger partial charge in [-0.15, -0.1) is 0 Å². The Morgan fingerprint density at radius 2 is 2.00 bits per heavy atom. The molecule has 0 aromatic carbocycles. The highest BCUT2D eigenvalue weighted by atomic mass is 32.2. The van der Waals surface area contributed by atoms with E-state index in [1.54, 1.807) is 20.3 Å². The van der Waals surface area contributed by atoms with Crippen molar-refractivity contribution in [2.75, 3.05) is 14.2 Å². The summed E-state index contributed by atoms with van der Waals surface area (Å²) in [5, 5.41) is 7.77. The summed E-state index contributed by atoms with van der Waals surface area (Å²) in [5.41, 5.74) is 0. The average molecular weight is 278 g/mol. The molecule has 1 aromatic rings. The lowest BCUT2D eigenvalue weighted by Crippen LogP contribution is -2.39. The van der Waals surface area contributed by atoms with E-state index in [1.165, 1.54) is 6.07 Å². The van der Waals surface area contributed by atoms with Gasteiger partial charge in [-0.2, -0.15) is 0 Å². The first kappa shape index (κ1) is 15.1. The summed E-state index contributed by atoms with van der Waals surface area (Å²) >= 11 is 0. The maximum Gasteiger partial charge on any atom is 0.271 e. The molecule has 0 bridgehead atoms. The van der Waals surface area contributed by atoms with Crippen molar-refractivity contribution in [3.63, 3.8) is 0 Å². The highest BCUT2D eigenvalue weighted by molar-refractivity contribution is 7.89. The van der Waals surface area contributed by atoms with Gasteiger partial charge >= 0.3 is 0 Å². The molecule has 0 aliphatic rings. The third-order valence-electron chi connectivity index (χ3n) is 2.39. The van der Waals surface area contributed by atoms with E-state index in [4.69, 9.17) is 19.0 Å². The molecule has 104 valence electrons. The minimum Gasteiger partial charge on any atom is -0.447 e. The molecule has 0 radical (unpaired) electrons. The van der Waals surface area contributed by atoms with E-state index in [0.29, 0.717) is 12.3 Å². The third-order valence-corrected chi connectivity index (χ3v) is 3.17. The van der Waals surface area contributed by atoms with Gasteiger partial charge in [-0.05, 0) is 19.1 Å². The molecular formula is C10H18N2O5S. The van der Waals surface area contributed by atoms with Gasteiger partial charge in [0, 0.05) is 14.2 Å². The average Bonchev–Trinajstić information content (AvgIpc) is 2.76. The van der Waals surface area contributed by atoms with Gasteiger partial charge in [-0.1, -0.05) is 0 Å². The SMILES string of the molecule is COC(OC)C(C)NCc1ccc(S(N)(=O)=O)o1. The summed E-state index contributed by atoms with van der Waals surface area (Å²) in [6.07, 6.45) is -0.391. The third kappa shape index (κ3) is 4.07. The molecule has 7 nitrogen and oxygen atoms in total. The molecule has 1 rings (SSSR count). The Hall–Kier alpha value is -0.930. The lowest BCUT2D eigenvalue weighted by molar-refractivity contribution is -0.119. The molecule has 8 heteroatoms. The van der Waals surface area contributed by atoms with Crippen LogP contribution < -0.4 is 10.5 Å². The second-order valence-electron chi connectivity index (χ2n) is 3.78. The van der Waals surface area contributed by atoms with Crippen LogP contribution in [0.15, 0.2) is 21.6 Å². The second kappa shape index (κ2) is 6.30. The summed E-state index contributed by atoms with van der Waals surface area (Å²) < 4.78 is 37.3. The Balaban J connectivity index is 2.57. The van der Waals surface area contributed by atoms with Crippen molar-refractivity contribution in [3.8, 4) is 0 Å². The van der Waals surface area contributed by atoms with Gasteiger partial charge in [0.2, 0.25) is 5.09 Å². The van der Waals surface area contributed by atoms with Gasteiger partial charge < -0.3 is 19.2 Å². The predicted molar refractivity (Wildman–Crippen MR) is 64.2 cm³/mol. The first-order chi connectivity index (χ1) is 8.38. The molecule has 0 saturated carbocycles. The summed E-state index contributed by atoms with van der Waals surface area (Å²) in [6, 6.07) is 2.79. The van der Waals surface area contributed by atoms with Gasteiger partial charge in [0.05, 0.1) is 12.6 Å². The number of furan rings is 1. The standard InChI is InChI=1S/C10H18N2O5S/c1-7(10(15-2)16-3)12-6-8-4-5-9(17-8)18(11,13)14/h4-5,7,10,12H,6H2,1-3H3,(H2,11,13,14). The monoisotopic (exact) mass is 278 g/mol. The molecule has 1 atom stereocenters. The van der Waals surface area contributed by atoms with E-state index < -0.39 is 16.3 Å². The van der Waals surface area contributed by atoms with Crippen LogP contribution in [0.25, 0.3) is 0 Å². The molecule has 0 amide bonds. The molecule has 0 saturated heterocycles. The number of primary sulfonamides is 1. The van der Waals surface area contributed by atoms with E-state index >= 15 is 0 Å². The molecule has 18 heavy (non-hydrogen) atoms.